The van der Waals surface area contributed by atoms with Crippen LogP contribution in [0.1, 0.15) is 13.3 Å². The van der Waals surface area contributed by atoms with Crippen LogP contribution < -0.4 is 10.6 Å². The third-order valence-electron chi connectivity index (χ3n) is 2.98. The lowest BCUT2D eigenvalue weighted by Gasteiger charge is -2.09. The molecule has 0 unspecified atom stereocenters. The van der Waals surface area contributed by atoms with Crippen molar-refractivity contribution in [2.45, 2.75) is 18.2 Å². The Labute approximate surface area is 142 Å². The van der Waals surface area contributed by atoms with E-state index in [1.807, 2.05) is 0 Å². The van der Waals surface area contributed by atoms with Gasteiger partial charge in [-0.2, -0.15) is 0 Å². The first-order valence-corrected chi connectivity index (χ1v) is 8.18. The molecule has 2 rings (SSSR count). The minimum Gasteiger partial charge on any atom is -0.326 e. The average Bonchev–Trinajstić information content (AvgIpc) is 2.52. The lowest BCUT2D eigenvalue weighted by atomic mass is 10.2. The number of nitrogens with one attached hydrogen (secondary N) is 2. The topological polar surface area (TPSA) is 58.2 Å². The Balaban J connectivity index is 1.90. The SMILES string of the molecule is CC(=O)Nc1ccc(F)c(NC(=O)CCSc2ccccc2F)c1. The fourth-order valence-electron chi connectivity index (χ4n) is 1.93. The highest BCUT2D eigenvalue weighted by Gasteiger charge is 2.09. The van der Waals surface area contributed by atoms with Gasteiger partial charge in [-0.25, -0.2) is 8.78 Å². The molecule has 0 aromatic heterocycles. The van der Waals surface area contributed by atoms with Gasteiger partial charge in [0.1, 0.15) is 11.6 Å². The van der Waals surface area contributed by atoms with Gasteiger partial charge in [-0.1, -0.05) is 12.1 Å². The summed E-state index contributed by atoms with van der Waals surface area (Å²) in [6.07, 6.45) is 0.100. The summed E-state index contributed by atoms with van der Waals surface area (Å²) in [6.45, 7) is 1.33. The molecule has 7 heteroatoms. The summed E-state index contributed by atoms with van der Waals surface area (Å²) in [5.41, 5.74) is 0.377. The van der Waals surface area contributed by atoms with Gasteiger partial charge in [-0.05, 0) is 30.3 Å². The quantitative estimate of drug-likeness (QED) is 0.773. The summed E-state index contributed by atoms with van der Waals surface area (Å²) in [7, 11) is 0. The number of carbonyl (C=O) groups is 2. The summed E-state index contributed by atoms with van der Waals surface area (Å²) >= 11 is 1.22. The zero-order chi connectivity index (χ0) is 17.5. The molecule has 126 valence electrons. The van der Waals surface area contributed by atoms with Crippen molar-refractivity contribution in [1.82, 2.24) is 0 Å². The van der Waals surface area contributed by atoms with Gasteiger partial charge in [-0.15, -0.1) is 11.8 Å². The second-order valence-electron chi connectivity index (χ2n) is 4.95. The van der Waals surface area contributed by atoms with Gasteiger partial charge >= 0.3 is 0 Å². The first kappa shape index (κ1) is 17.9. The predicted molar refractivity (Wildman–Crippen MR) is 91.1 cm³/mol. The highest BCUT2D eigenvalue weighted by molar-refractivity contribution is 7.99. The zero-order valence-electron chi connectivity index (χ0n) is 12.9. The number of anilines is 2. The smallest absolute Gasteiger partial charge is 0.225 e. The van der Waals surface area contributed by atoms with E-state index < -0.39 is 11.7 Å². The number of halogens is 2. The molecule has 0 aliphatic carbocycles. The van der Waals surface area contributed by atoms with E-state index >= 15 is 0 Å². The molecule has 2 N–H and O–H groups in total. The van der Waals surface area contributed by atoms with Crippen molar-refractivity contribution in [3.05, 3.63) is 54.1 Å². The lowest BCUT2D eigenvalue weighted by Crippen LogP contribution is -2.14. The molecule has 0 aliphatic rings. The van der Waals surface area contributed by atoms with Crippen LogP contribution in [0.2, 0.25) is 0 Å². The molecule has 4 nitrogen and oxygen atoms in total. The van der Waals surface area contributed by atoms with E-state index in [1.165, 1.54) is 36.9 Å². The minimum atomic E-state index is -0.598. The number of hydrogen-bond donors (Lipinski definition) is 2. The summed E-state index contributed by atoms with van der Waals surface area (Å²) in [4.78, 5) is 23.4. The van der Waals surface area contributed by atoms with Gasteiger partial charge in [0.05, 0.1) is 5.69 Å². The van der Waals surface area contributed by atoms with E-state index in [9.17, 15) is 18.4 Å². The van der Waals surface area contributed by atoms with Gasteiger partial charge < -0.3 is 10.6 Å². The van der Waals surface area contributed by atoms with Crippen LogP contribution in [-0.4, -0.2) is 17.6 Å². The second kappa shape index (κ2) is 8.44. The monoisotopic (exact) mass is 350 g/mol. The van der Waals surface area contributed by atoms with E-state index in [0.29, 0.717) is 16.3 Å². The van der Waals surface area contributed by atoms with Crippen molar-refractivity contribution in [3.63, 3.8) is 0 Å². The Morgan fingerprint density at radius 3 is 2.50 bits per heavy atom. The van der Waals surface area contributed by atoms with Crippen LogP contribution in [0.15, 0.2) is 47.4 Å². The molecule has 2 aromatic carbocycles. The number of thioether (sulfide) groups is 1. The molecular weight excluding hydrogens is 334 g/mol. The van der Waals surface area contributed by atoms with Gasteiger partial charge in [0.15, 0.2) is 0 Å². The highest BCUT2D eigenvalue weighted by Crippen LogP contribution is 2.23. The first-order chi connectivity index (χ1) is 11.5. The number of amides is 2. The first-order valence-electron chi connectivity index (χ1n) is 7.20. The Hall–Kier alpha value is -2.41. The van der Waals surface area contributed by atoms with Gasteiger partial charge in [0.25, 0.3) is 0 Å². The van der Waals surface area contributed by atoms with Gasteiger partial charge in [0.2, 0.25) is 11.8 Å². The standard InChI is InChI=1S/C17H16F2N2O2S/c1-11(22)20-12-6-7-13(18)15(10-12)21-17(23)8-9-24-16-5-3-2-4-14(16)19/h2-7,10H,8-9H2,1H3,(H,20,22)(H,21,23). The maximum atomic E-state index is 13.7. The maximum Gasteiger partial charge on any atom is 0.225 e. The van der Waals surface area contributed by atoms with E-state index in [4.69, 9.17) is 0 Å². The van der Waals surface area contributed by atoms with Crippen LogP contribution in [0, 0.1) is 11.6 Å². The third kappa shape index (κ3) is 5.34. The molecule has 0 atom stereocenters. The van der Waals surface area contributed by atoms with Crippen molar-refractivity contribution in [3.8, 4) is 0 Å². The number of carbonyl (C=O) groups excluding carboxylic acids is 2. The summed E-state index contributed by atoms with van der Waals surface area (Å²) in [5.74, 6) is -1.26. The van der Waals surface area contributed by atoms with E-state index in [2.05, 4.69) is 10.6 Å². The Kier molecular flexibility index (Phi) is 6.31. The molecule has 0 aliphatic heterocycles. The van der Waals surface area contributed by atoms with Crippen molar-refractivity contribution in [1.29, 1.82) is 0 Å². The predicted octanol–water partition coefficient (Wildman–Crippen LogP) is 4.04. The van der Waals surface area contributed by atoms with Crippen molar-refractivity contribution >= 4 is 35.0 Å². The van der Waals surface area contributed by atoms with Crippen molar-refractivity contribution < 1.29 is 18.4 Å². The van der Waals surface area contributed by atoms with Crippen molar-refractivity contribution in [2.75, 3.05) is 16.4 Å². The van der Waals surface area contributed by atoms with Crippen molar-refractivity contribution in [2.24, 2.45) is 0 Å². The molecule has 0 saturated carbocycles. The number of benzene rings is 2. The molecule has 2 aromatic rings. The summed E-state index contributed by atoms with van der Waals surface area (Å²) < 4.78 is 27.2. The highest BCUT2D eigenvalue weighted by atomic mass is 32.2. The summed E-state index contributed by atoms with van der Waals surface area (Å²) in [6, 6.07) is 10.2. The molecule has 24 heavy (non-hydrogen) atoms. The molecule has 0 saturated heterocycles. The molecule has 0 bridgehead atoms. The van der Waals surface area contributed by atoms with Crippen LogP contribution in [0.25, 0.3) is 0 Å². The Bertz CT molecular complexity index is 753. The lowest BCUT2D eigenvalue weighted by molar-refractivity contribution is -0.116. The zero-order valence-corrected chi connectivity index (χ0v) is 13.8. The third-order valence-corrected chi connectivity index (χ3v) is 4.03. The van der Waals surface area contributed by atoms with Crippen LogP contribution >= 0.6 is 11.8 Å². The number of hydrogen-bond acceptors (Lipinski definition) is 3. The molecular formula is C17H16F2N2O2S. The van der Waals surface area contributed by atoms with E-state index in [1.54, 1.807) is 18.2 Å². The second-order valence-corrected chi connectivity index (χ2v) is 6.09. The van der Waals surface area contributed by atoms with Crippen LogP contribution in [0.4, 0.5) is 20.2 Å². The van der Waals surface area contributed by atoms with Crippen LogP contribution in [0.3, 0.4) is 0 Å². The maximum absolute atomic E-state index is 13.7. The molecule has 2 amide bonds. The van der Waals surface area contributed by atoms with Gasteiger partial charge in [0, 0.05) is 29.7 Å². The summed E-state index contributed by atoms with van der Waals surface area (Å²) in [5, 5.41) is 4.97. The van der Waals surface area contributed by atoms with Crippen LogP contribution in [0.5, 0.6) is 0 Å². The molecule has 0 fully saturated rings. The van der Waals surface area contributed by atoms with E-state index in [-0.39, 0.29) is 23.8 Å². The van der Waals surface area contributed by atoms with Crippen LogP contribution in [-0.2, 0) is 9.59 Å². The Morgan fingerprint density at radius 2 is 1.79 bits per heavy atom. The fraction of sp³-hybridized carbons (Fsp3) is 0.176. The largest absolute Gasteiger partial charge is 0.326 e. The Morgan fingerprint density at radius 1 is 1.04 bits per heavy atom. The molecule has 0 spiro atoms. The molecule has 0 radical (unpaired) electrons. The van der Waals surface area contributed by atoms with Gasteiger partial charge in [-0.3, -0.25) is 9.59 Å². The minimum absolute atomic E-state index is 0.0119. The fourth-order valence-corrected chi connectivity index (χ4v) is 2.82. The average molecular weight is 350 g/mol. The normalized spacial score (nSPS) is 10.3. The number of rotatable bonds is 6. The van der Waals surface area contributed by atoms with E-state index in [0.717, 1.165) is 6.07 Å². The molecule has 0 heterocycles.